The molecule has 3 N–H and O–H groups in total. The molecule has 0 aromatic heterocycles. The van der Waals surface area contributed by atoms with Gasteiger partial charge in [-0.1, -0.05) is 23.8 Å². The van der Waals surface area contributed by atoms with Crippen molar-refractivity contribution >= 4 is 0 Å². The van der Waals surface area contributed by atoms with Crippen LogP contribution in [0.4, 0.5) is 0 Å². The Morgan fingerprint density at radius 3 is 2.56 bits per heavy atom. The first kappa shape index (κ1) is 11.6. The van der Waals surface area contributed by atoms with Gasteiger partial charge in [0.15, 0.2) is 0 Å². The van der Waals surface area contributed by atoms with Crippen molar-refractivity contribution in [2.75, 3.05) is 13.6 Å². The third-order valence-corrected chi connectivity index (χ3v) is 3.95. The van der Waals surface area contributed by atoms with Crippen molar-refractivity contribution < 1.29 is 0 Å². The summed E-state index contributed by atoms with van der Waals surface area (Å²) in [5.41, 5.74) is 10.4. The zero-order chi connectivity index (χ0) is 11.8. The van der Waals surface area contributed by atoms with Gasteiger partial charge in [-0.15, -0.1) is 0 Å². The molecule has 1 fully saturated rings. The summed E-state index contributed by atoms with van der Waals surface area (Å²) in [6.45, 7) is 5.12. The Bertz CT molecular complexity index is 380. The van der Waals surface area contributed by atoms with E-state index in [0.29, 0.717) is 11.5 Å². The smallest absolute Gasteiger partial charge is 0.0389 e. The van der Waals surface area contributed by atoms with Crippen LogP contribution in [0.2, 0.25) is 0 Å². The summed E-state index contributed by atoms with van der Waals surface area (Å²) in [6, 6.07) is 7.10. The molecule has 16 heavy (non-hydrogen) atoms. The Kier molecular flexibility index (Phi) is 3.04. The van der Waals surface area contributed by atoms with Crippen LogP contribution in [-0.4, -0.2) is 13.6 Å². The monoisotopic (exact) mass is 218 g/mol. The van der Waals surface area contributed by atoms with Gasteiger partial charge < -0.3 is 11.1 Å². The molecular weight excluding hydrogens is 196 g/mol. The maximum Gasteiger partial charge on any atom is 0.0389 e. The number of nitrogens with two attached hydrogens (primary N) is 1. The summed E-state index contributed by atoms with van der Waals surface area (Å²) in [6.07, 6.45) is 2.50. The summed E-state index contributed by atoms with van der Waals surface area (Å²) in [5, 5.41) is 3.46. The Balaban J connectivity index is 2.37. The number of hydrogen-bond donors (Lipinski definition) is 2. The van der Waals surface area contributed by atoms with Crippen LogP contribution in [0.25, 0.3) is 0 Å². The molecule has 0 aliphatic heterocycles. The van der Waals surface area contributed by atoms with Gasteiger partial charge in [0, 0.05) is 11.5 Å². The minimum atomic E-state index is 0.313. The first-order valence-corrected chi connectivity index (χ1v) is 6.07. The van der Waals surface area contributed by atoms with Gasteiger partial charge >= 0.3 is 0 Å². The average Bonchev–Trinajstić information content (AvgIpc) is 3.05. The second kappa shape index (κ2) is 4.19. The lowest BCUT2D eigenvalue weighted by Gasteiger charge is -2.27. The molecule has 88 valence electrons. The molecule has 2 rings (SSSR count). The Morgan fingerprint density at radius 1 is 1.38 bits per heavy atom. The maximum atomic E-state index is 5.93. The zero-order valence-corrected chi connectivity index (χ0v) is 10.5. The second-order valence-corrected chi connectivity index (χ2v) is 5.15. The molecule has 0 bridgehead atoms. The van der Waals surface area contributed by atoms with Gasteiger partial charge in [-0.3, -0.25) is 0 Å². The van der Waals surface area contributed by atoms with E-state index in [0.717, 1.165) is 6.54 Å². The van der Waals surface area contributed by atoms with Crippen LogP contribution in [0.5, 0.6) is 0 Å². The highest BCUT2D eigenvalue weighted by Crippen LogP contribution is 2.54. The van der Waals surface area contributed by atoms with Gasteiger partial charge in [-0.2, -0.15) is 0 Å². The molecule has 2 nitrogen and oxygen atoms in total. The fourth-order valence-electron chi connectivity index (χ4n) is 2.63. The van der Waals surface area contributed by atoms with Crippen molar-refractivity contribution in [3.63, 3.8) is 0 Å². The Hall–Kier alpha value is -0.860. The van der Waals surface area contributed by atoms with E-state index in [1.54, 1.807) is 0 Å². The van der Waals surface area contributed by atoms with Gasteiger partial charge in [-0.05, 0) is 51.4 Å². The van der Waals surface area contributed by atoms with Crippen molar-refractivity contribution in [2.24, 2.45) is 11.1 Å². The van der Waals surface area contributed by atoms with E-state index in [1.165, 1.54) is 29.5 Å². The first-order chi connectivity index (χ1) is 7.63. The van der Waals surface area contributed by atoms with Crippen molar-refractivity contribution in [2.45, 2.75) is 32.7 Å². The van der Waals surface area contributed by atoms with Crippen molar-refractivity contribution in [1.29, 1.82) is 0 Å². The largest absolute Gasteiger partial charge is 0.330 e. The van der Waals surface area contributed by atoms with E-state index in [4.69, 9.17) is 5.73 Å². The molecule has 0 amide bonds. The van der Waals surface area contributed by atoms with Gasteiger partial charge in [0.05, 0.1) is 0 Å². The van der Waals surface area contributed by atoms with Crippen LogP contribution in [0.1, 0.15) is 35.6 Å². The Labute approximate surface area is 98.2 Å². The molecule has 0 heterocycles. The van der Waals surface area contributed by atoms with Crippen LogP contribution < -0.4 is 11.1 Å². The van der Waals surface area contributed by atoms with Crippen molar-refractivity contribution in [3.8, 4) is 0 Å². The lowest BCUT2D eigenvalue weighted by Crippen LogP contribution is -2.32. The van der Waals surface area contributed by atoms with E-state index in [-0.39, 0.29) is 0 Å². The number of aryl methyl sites for hydroxylation is 2. The van der Waals surface area contributed by atoms with Crippen LogP contribution in [0.15, 0.2) is 18.2 Å². The molecule has 0 saturated heterocycles. The summed E-state index contributed by atoms with van der Waals surface area (Å²) < 4.78 is 0. The fraction of sp³-hybridized carbons (Fsp3) is 0.571. The predicted molar refractivity (Wildman–Crippen MR) is 68.4 cm³/mol. The number of nitrogens with one attached hydrogen (secondary N) is 1. The highest BCUT2D eigenvalue weighted by Gasteiger charge is 2.48. The standard InChI is InChI=1S/C14H22N2/c1-10-4-5-11(2)12(8-10)13(16-3)14(9-15)6-7-14/h4-5,8,13,16H,6-7,9,15H2,1-3H3. The third-order valence-electron chi connectivity index (χ3n) is 3.95. The molecule has 1 aromatic carbocycles. The predicted octanol–water partition coefficient (Wildman–Crippen LogP) is 2.30. The van der Waals surface area contributed by atoms with Gasteiger partial charge in [0.25, 0.3) is 0 Å². The number of hydrogen-bond acceptors (Lipinski definition) is 2. The van der Waals surface area contributed by atoms with Crippen LogP contribution >= 0.6 is 0 Å². The van der Waals surface area contributed by atoms with Crippen LogP contribution in [0, 0.1) is 19.3 Å². The van der Waals surface area contributed by atoms with E-state index in [9.17, 15) is 0 Å². The topological polar surface area (TPSA) is 38.0 Å². The summed E-state index contributed by atoms with van der Waals surface area (Å²) >= 11 is 0. The molecule has 0 spiro atoms. The molecule has 1 aliphatic rings. The highest BCUT2D eigenvalue weighted by atomic mass is 14.9. The van der Waals surface area contributed by atoms with E-state index < -0.39 is 0 Å². The fourth-order valence-corrected chi connectivity index (χ4v) is 2.63. The molecule has 1 aromatic rings. The normalized spacial score (nSPS) is 19.5. The number of benzene rings is 1. The average molecular weight is 218 g/mol. The molecule has 2 heteroatoms. The number of rotatable bonds is 4. The van der Waals surface area contributed by atoms with Crippen LogP contribution in [0.3, 0.4) is 0 Å². The molecule has 1 atom stereocenters. The van der Waals surface area contributed by atoms with E-state index in [1.807, 2.05) is 7.05 Å². The van der Waals surface area contributed by atoms with Gasteiger partial charge in [0.1, 0.15) is 0 Å². The molecule has 1 saturated carbocycles. The van der Waals surface area contributed by atoms with Crippen molar-refractivity contribution in [1.82, 2.24) is 5.32 Å². The van der Waals surface area contributed by atoms with E-state index in [2.05, 4.69) is 37.4 Å². The lowest BCUT2D eigenvalue weighted by atomic mass is 9.87. The lowest BCUT2D eigenvalue weighted by molar-refractivity contribution is 0.365. The quantitative estimate of drug-likeness (QED) is 0.814. The maximum absolute atomic E-state index is 5.93. The highest BCUT2D eigenvalue weighted by molar-refractivity contribution is 5.35. The summed E-state index contributed by atoms with van der Waals surface area (Å²) in [7, 11) is 2.04. The zero-order valence-electron chi connectivity index (χ0n) is 10.5. The second-order valence-electron chi connectivity index (χ2n) is 5.15. The molecule has 0 radical (unpaired) electrons. The minimum absolute atomic E-state index is 0.313. The van der Waals surface area contributed by atoms with Gasteiger partial charge in [-0.25, -0.2) is 0 Å². The minimum Gasteiger partial charge on any atom is -0.330 e. The first-order valence-electron chi connectivity index (χ1n) is 6.07. The molecular formula is C14H22N2. The molecule has 1 aliphatic carbocycles. The third kappa shape index (κ3) is 1.87. The Morgan fingerprint density at radius 2 is 2.06 bits per heavy atom. The van der Waals surface area contributed by atoms with Crippen molar-refractivity contribution in [3.05, 3.63) is 34.9 Å². The van der Waals surface area contributed by atoms with E-state index >= 15 is 0 Å². The summed E-state index contributed by atoms with van der Waals surface area (Å²) in [4.78, 5) is 0. The molecule has 1 unspecified atom stereocenters. The van der Waals surface area contributed by atoms with Crippen LogP contribution in [-0.2, 0) is 0 Å². The summed E-state index contributed by atoms with van der Waals surface area (Å²) in [5.74, 6) is 0. The van der Waals surface area contributed by atoms with Gasteiger partial charge in [0.2, 0.25) is 0 Å². The SMILES string of the molecule is CNC(c1cc(C)ccc1C)C1(CN)CC1.